The van der Waals surface area contributed by atoms with Gasteiger partial charge >= 0.3 is 5.97 Å². The molecule has 0 aromatic carbocycles. The molecular formula is C13H19NO4S2. The van der Waals surface area contributed by atoms with Gasteiger partial charge in [-0.3, -0.25) is 0 Å². The normalized spacial score (nSPS) is 21.8. The summed E-state index contributed by atoms with van der Waals surface area (Å²) in [5.74, 6) is -0.181. The van der Waals surface area contributed by atoms with Crippen LogP contribution in [0.4, 0.5) is 0 Å². The molecule has 20 heavy (non-hydrogen) atoms. The Balaban J connectivity index is 2.22. The Morgan fingerprint density at radius 3 is 2.85 bits per heavy atom. The molecule has 5 nitrogen and oxygen atoms in total. The van der Waals surface area contributed by atoms with E-state index in [9.17, 15) is 13.2 Å². The molecule has 0 amide bonds. The van der Waals surface area contributed by atoms with E-state index >= 15 is 0 Å². The Morgan fingerprint density at radius 1 is 1.55 bits per heavy atom. The third-order valence-electron chi connectivity index (χ3n) is 3.45. The molecule has 1 N–H and O–H groups in total. The fourth-order valence-corrected chi connectivity index (χ4v) is 5.36. The average molecular weight is 317 g/mol. The molecule has 0 bridgehead atoms. The number of hydrogen-bond donors (Lipinski definition) is 1. The predicted molar refractivity (Wildman–Crippen MR) is 77.5 cm³/mol. The van der Waals surface area contributed by atoms with Crippen LogP contribution in [0.1, 0.15) is 41.4 Å². The molecule has 2 atom stereocenters. The standard InChI is InChI=1S/C13H19NO4S2/c1-4-5-9-6-10(9)14-20(16,17)12-8(2)7-19-11(12)13(15)18-3/h7,9-10,14H,4-6H2,1-3H3. The molecule has 7 heteroatoms. The average Bonchev–Trinajstić information content (AvgIpc) is 2.96. The molecule has 2 unspecified atom stereocenters. The summed E-state index contributed by atoms with van der Waals surface area (Å²) in [6.45, 7) is 3.77. The number of rotatable bonds is 6. The summed E-state index contributed by atoms with van der Waals surface area (Å²) >= 11 is 1.10. The number of methoxy groups -OCH3 is 1. The minimum atomic E-state index is -3.66. The third-order valence-corrected chi connectivity index (χ3v) is 6.33. The summed E-state index contributed by atoms with van der Waals surface area (Å²) in [7, 11) is -2.41. The van der Waals surface area contributed by atoms with E-state index in [1.54, 1.807) is 12.3 Å². The van der Waals surface area contributed by atoms with E-state index in [1.807, 2.05) is 0 Å². The van der Waals surface area contributed by atoms with Crippen molar-refractivity contribution in [3.05, 3.63) is 15.8 Å². The van der Waals surface area contributed by atoms with Gasteiger partial charge in [0, 0.05) is 6.04 Å². The van der Waals surface area contributed by atoms with Crippen LogP contribution >= 0.6 is 11.3 Å². The topological polar surface area (TPSA) is 72.5 Å². The Morgan fingerprint density at radius 2 is 2.25 bits per heavy atom. The van der Waals surface area contributed by atoms with Gasteiger partial charge in [-0.25, -0.2) is 17.9 Å². The Bertz CT molecular complexity index is 606. The molecule has 1 fully saturated rings. The zero-order chi connectivity index (χ0) is 14.9. The van der Waals surface area contributed by atoms with Gasteiger partial charge in [-0.2, -0.15) is 0 Å². The molecule has 1 heterocycles. The van der Waals surface area contributed by atoms with Gasteiger partial charge in [0.1, 0.15) is 9.77 Å². The van der Waals surface area contributed by atoms with Gasteiger partial charge in [-0.15, -0.1) is 11.3 Å². The lowest BCUT2D eigenvalue weighted by Crippen LogP contribution is -2.28. The first-order valence-electron chi connectivity index (χ1n) is 6.59. The summed E-state index contributed by atoms with van der Waals surface area (Å²) in [4.78, 5) is 11.9. The molecule has 0 spiro atoms. The highest BCUT2D eigenvalue weighted by Gasteiger charge is 2.40. The van der Waals surface area contributed by atoms with Gasteiger partial charge < -0.3 is 4.74 Å². The highest BCUT2D eigenvalue weighted by atomic mass is 32.2. The zero-order valence-corrected chi connectivity index (χ0v) is 13.4. The number of ether oxygens (including phenoxy) is 1. The lowest BCUT2D eigenvalue weighted by Gasteiger charge is -2.08. The molecule has 1 saturated carbocycles. The molecule has 1 aromatic heterocycles. The molecule has 0 saturated heterocycles. The lowest BCUT2D eigenvalue weighted by molar-refractivity contribution is 0.0602. The zero-order valence-electron chi connectivity index (χ0n) is 11.8. The number of carbonyl (C=O) groups excluding carboxylic acids is 1. The van der Waals surface area contributed by atoms with Crippen molar-refractivity contribution >= 4 is 27.3 Å². The molecule has 1 aliphatic rings. The predicted octanol–water partition coefficient (Wildman–Crippen LogP) is 2.31. The van der Waals surface area contributed by atoms with Crippen molar-refractivity contribution in [2.45, 2.75) is 44.0 Å². The molecule has 2 rings (SSSR count). The minimum absolute atomic E-state index is 0.00440. The smallest absolute Gasteiger partial charge is 0.349 e. The Hall–Kier alpha value is -0.920. The quantitative estimate of drug-likeness (QED) is 0.817. The summed E-state index contributed by atoms with van der Waals surface area (Å²) in [6.07, 6.45) is 2.96. The van der Waals surface area contributed by atoms with Crippen molar-refractivity contribution < 1.29 is 17.9 Å². The van der Waals surface area contributed by atoms with Crippen LogP contribution < -0.4 is 4.72 Å². The van der Waals surface area contributed by atoms with E-state index in [1.165, 1.54) is 7.11 Å². The summed E-state index contributed by atoms with van der Waals surface area (Å²) < 4.78 is 32.2. The van der Waals surface area contributed by atoms with Crippen LogP contribution in [0.25, 0.3) is 0 Å². The van der Waals surface area contributed by atoms with Gasteiger partial charge in [0.2, 0.25) is 10.0 Å². The van der Waals surface area contributed by atoms with Crippen LogP contribution in [0.5, 0.6) is 0 Å². The lowest BCUT2D eigenvalue weighted by atomic mass is 10.2. The highest BCUT2D eigenvalue weighted by Crippen LogP contribution is 2.37. The monoisotopic (exact) mass is 317 g/mol. The molecule has 112 valence electrons. The molecule has 0 radical (unpaired) electrons. The number of nitrogens with one attached hydrogen (secondary N) is 1. The number of esters is 1. The number of hydrogen-bond acceptors (Lipinski definition) is 5. The van der Waals surface area contributed by atoms with E-state index < -0.39 is 16.0 Å². The SMILES string of the molecule is CCCC1CC1NS(=O)(=O)c1c(C)csc1C(=O)OC. The number of carbonyl (C=O) groups is 1. The van der Waals surface area contributed by atoms with Crippen molar-refractivity contribution in [2.75, 3.05) is 7.11 Å². The van der Waals surface area contributed by atoms with Crippen molar-refractivity contribution in [3.8, 4) is 0 Å². The van der Waals surface area contributed by atoms with Crippen LogP contribution in [-0.4, -0.2) is 27.5 Å². The first kappa shape index (κ1) is 15.5. The van der Waals surface area contributed by atoms with E-state index in [-0.39, 0.29) is 15.8 Å². The Labute approximate surface area is 123 Å². The highest BCUT2D eigenvalue weighted by molar-refractivity contribution is 7.89. The van der Waals surface area contributed by atoms with Crippen molar-refractivity contribution in [1.29, 1.82) is 0 Å². The van der Waals surface area contributed by atoms with Crippen LogP contribution in [0.15, 0.2) is 10.3 Å². The maximum atomic E-state index is 12.4. The molecule has 0 aliphatic heterocycles. The van der Waals surface area contributed by atoms with E-state index in [0.717, 1.165) is 30.6 Å². The van der Waals surface area contributed by atoms with Crippen LogP contribution in [0.2, 0.25) is 0 Å². The van der Waals surface area contributed by atoms with Crippen molar-refractivity contribution in [3.63, 3.8) is 0 Å². The van der Waals surface area contributed by atoms with Gasteiger partial charge in [0.05, 0.1) is 7.11 Å². The van der Waals surface area contributed by atoms with Gasteiger partial charge in [0.25, 0.3) is 0 Å². The van der Waals surface area contributed by atoms with E-state index in [2.05, 4.69) is 16.4 Å². The first-order valence-corrected chi connectivity index (χ1v) is 8.95. The minimum Gasteiger partial charge on any atom is -0.465 e. The second kappa shape index (κ2) is 5.83. The van der Waals surface area contributed by atoms with E-state index in [4.69, 9.17) is 0 Å². The second-order valence-electron chi connectivity index (χ2n) is 5.08. The summed E-state index contributed by atoms with van der Waals surface area (Å²) in [5.41, 5.74) is 0.579. The van der Waals surface area contributed by atoms with Gasteiger partial charge in [-0.05, 0) is 36.6 Å². The molecule has 1 aliphatic carbocycles. The van der Waals surface area contributed by atoms with Crippen LogP contribution in [0, 0.1) is 12.8 Å². The van der Waals surface area contributed by atoms with Crippen molar-refractivity contribution in [2.24, 2.45) is 5.92 Å². The maximum Gasteiger partial charge on any atom is 0.349 e. The number of sulfonamides is 1. The van der Waals surface area contributed by atoms with E-state index in [0.29, 0.717) is 11.5 Å². The molecule has 1 aromatic rings. The van der Waals surface area contributed by atoms with Crippen LogP contribution in [-0.2, 0) is 14.8 Å². The fourth-order valence-electron chi connectivity index (χ4n) is 2.34. The Kier molecular flexibility index (Phi) is 4.51. The number of aryl methyl sites for hydroxylation is 1. The number of thiophene rings is 1. The van der Waals surface area contributed by atoms with Gasteiger partial charge in [-0.1, -0.05) is 13.3 Å². The van der Waals surface area contributed by atoms with Crippen LogP contribution in [0.3, 0.4) is 0 Å². The largest absolute Gasteiger partial charge is 0.465 e. The fraction of sp³-hybridized carbons (Fsp3) is 0.615. The van der Waals surface area contributed by atoms with Gasteiger partial charge in [0.15, 0.2) is 0 Å². The molecular weight excluding hydrogens is 298 g/mol. The van der Waals surface area contributed by atoms with Crippen molar-refractivity contribution in [1.82, 2.24) is 4.72 Å². The maximum absolute atomic E-state index is 12.4. The third kappa shape index (κ3) is 3.05. The summed E-state index contributed by atoms with van der Waals surface area (Å²) in [5, 5.41) is 1.66. The second-order valence-corrected chi connectivity index (χ2v) is 7.61. The summed E-state index contributed by atoms with van der Waals surface area (Å²) in [6, 6.07) is 0.00440. The first-order chi connectivity index (χ1) is 9.40.